The van der Waals surface area contributed by atoms with E-state index in [0.717, 1.165) is 0 Å². The van der Waals surface area contributed by atoms with Crippen LogP contribution in [0.15, 0.2) is 47.7 Å². The van der Waals surface area contributed by atoms with Gasteiger partial charge in [0.25, 0.3) is 0 Å². The fourth-order valence-corrected chi connectivity index (χ4v) is 1.91. The number of rotatable bonds is 1. The Labute approximate surface area is 88.3 Å². The van der Waals surface area contributed by atoms with Crippen LogP contribution in [0.25, 0.3) is 5.57 Å². The minimum Gasteiger partial charge on any atom is -0.368 e. The molecule has 1 aromatic heterocycles. The molecule has 2 unspecified atom stereocenters. The van der Waals surface area contributed by atoms with Crippen molar-refractivity contribution in [2.24, 2.45) is 4.99 Å². The van der Waals surface area contributed by atoms with Gasteiger partial charge in [0.05, 0.1) is 18.4 Å². The summed E-state index contributed by atoms with van der Waals surface area (Å²) in [4.78, 5) is 8.32. The van der Waals surface area contributed by atoms with Crippen LogP contribution in [0.1, 0.15) is 5.56 Å². The summed E-state index contributed by atoms with van der Waals surface area (Å²) < 4.78 is 0. The van der Waals surface area contributed by atoms with Gasteiger partial charge in [0.1, 0.15) is 0 Å². The number of allylic oxidation sites excluding steroid dienone is 2. The lowest BCUT2D eigenvalue weighted by molar-refractivity contribution is 0.699. The van der Waals surface area contributed by atoms with Crippen LogP contribution in [0.3, 0.4) is 0 Å². The first-order valence-corrected chi connectivity index (χ1v) is 5.01. The maximum Gasteiger partial charge on any atom is 0.0938 e. The molecule has 0 saturated carbocycles. The molecule has 15 heavy (non-hydrogen) atoms. The molecule has 0 amide bonds. The first kappa shape index (κ1) is 8.41. The van der Waals surface area contributed by atoms with Gasteiger partial charge in [0.2, 0.25) is 0 Å². The molecule has 2 heterocycles. The zero-order valence-corrected chi connectivity index (χ0v) is 8.17. The Bertz CT molecular complexity index is 445. The summed E-state index contributed by atoms with van der Waals surface area (Å²) in [7, 11) is 0. The van der Waals surface area contributed by atoms with E-state index < -0.39 is 0 Å². The van der Waals surface area contributed by atoms with E-state index in [1.807, 2.05) is 24.5 Å². The quantitative estimate of drug-likeness (QED) is 0.739. The van der Waals surface area contributed by atoms with Crippen LogP contribution in [0.2, 0.25) is 0 Å². The first-order chi connectivity index (χ1) is 7.43. The smallest absolute Gasteiger partial charge is 0.0938 e. The van der Waals surface area contributed by atoms with Crippen LogP contribution < -0.4 is 5.32 Å². The number of nitrogens with zero attached hydrogens (tertiary/aromatic N) is 2. The van der Waals surface area contributed by atoms with Gasteiger partial charge in [-0.1, -0.05) is 18.2 Å². The summed E-state index contributed by atoms with van der Waals surface area (Å²) in [6.07, 6.45) is 11.9. The highest BCUT2D eigenvalue weighted by molar-refractivity contribution is 5.77. The number of hydrogen-bond acceptors (Lipinski definition) is 3. The summed E-state index contributed by atoms with van der Waals surface area (Å²) in [5, 5.41) is 3.22. The van der Waals surface area contributed by atoms with E-state index >= 15 is 0 Å². The highest BCUT2D eigenvalue weighted by Crippen LogP contribution is 2.23. The van der Waals surface area contributed by atoms with E-state index in [9.17, 15) is 0 Å². The number of hydrogen-bond donors (Lipinski definition) is 1. The summed E-state index contributed by atoms with van der Waals surface area (Å²) in [5.41, 5.74) is 2.44. The van der Waals surface area contributed by atoms with Crippen molar-refractivity contribution in [2.75, 3.05) is 0 Å². The lowest BCUT2D eigenvalue weighted by atomic mass is 9.95. The van der Waals surface area contributed by atoms with E-state index in [0.29, 0.717) is 6.04 Å². The molecule has 2 atom stereocenters. The van der Waals surface area contributed by atoms with E-state index in [4.69, 9.17) is 0 Å². The summed E-state index contributed by atoms with van der Waals surface area (Å²) in [6.45, 7) is 0. The molecule has 0 radical (unpaired) electrons. The maximum absolute atomic E-state index is 4.31. The molecule has 74 valence electrons. The lowest BCUT2D eigenvalue weighted by Gasteiger charge is -2.17. The molecule has 2 aliphatic rings. The molecule has 1 N–H and O–H groups in total. The van der Waals surface area contributed by atoms with Gasteiger partial charge >= 0.3 is 0 Å². The van der Waals surface area contributed by atoms with Crippen LogP contribution in [-0.4, -0.2) is 23.4 Å². The second-order valence-electron chi connectivity index (χ2n) is 3.68. The van der Waals surface area contributed by atoms with Crippen molar-refractivity contribution < 1.29 is 0 Å². The normalized spacial score (nSPS) is 27.1. The van der Waals surface area contributed by atoms with Crippen molar-refractivity contribution in [1.82, 2.24) is 10.3 Å². The molecule has 0 bridgehead atoms. The molecular weight excluding hydrogens is 186 g/mol. The topological polar surface area (TPSA) is 37.3 Å². The predicted octanol–water partition coefficient (Wildman–Crippen LogP) is 1.40. The Balaban J connectivity index is 1.93. The summed E-state index contributed by atoms with van der Waals surface area (Å²) in [6, 6.07) is 4.63. The Morgan fingerprint density at radius 1 is 1.20 bits per heavy atom. The molecule has 1 aliphatic heterocycles. The molecule has 1 aliphatic carbocycles. The molecule has 3 heteroatoms. The van der Waals surface area contributed by atoms with Crippen LogP contribution in [0.4, 0.5) is 0 Å². The third-order valence-electron chi connectivity index (χ3n) is 2.73. The SMILES string of the molecule is C1=CC2N=CNC2C=C1c1ccncc1. The fraction of sp³-hybridized carbons (Fsp3) is 0.167. The van der Waals surface area contributed by atoms with Gasteiger partial charge in [0.15, 0.2) is 0 Å². The van der Waals surface area contributed by atoms with Gasteiger partial charge in [-0.25, -0.2) is 0 Å². The van der Waals surface area contributed by atoms with Crippen molar-refractivity contribution >= 4 is 11.9 Å². The summed E-state index contributed by atoms with van der Waals surface area (Å²) in [5.74, 6) is 0. The number of pyridine rings is 1. The second-order valence-corrected chi connectivity index (χ2v) is 3.68. The average Bonchev–Trinajstić information content (AvgIpc) is 2.77. The predicted molar refractivity (Wildman–Crippen MR) is 60.6 cm³/mol. The van der Waals surface area contributed by atoms with Crippen molar-refractivity contribution in [3.63, 3.8) is 0 Å². The van der Waals surface area contributed by atoms with Gasteiger partial charge in [-0.05, 0) is 23.3 Å². The van der Waals surface area contributed by atoms with Gasteiger partial charge in [-0.15, -0.1) is 0 Å². The Morgan fingerprint density at radius 2 is 2.07 bits per heavy atom. The Hall–Kier alpha value is -1.90. The van der Waals surface area contributed by atoms with Crippen LogP contribution in [-0.2, 0) is 0 Å². The standard InChI is InChI=1S/C12H11N3/c1-2-11-12(15-8-14-11)7-10(1)9-3-5-13-6-4-9/h1-8,11-12H,(H,14,15). The number of aliphatic imine (C=N–C) groups is 1. The zero-order valence-electron chi connectivity index (χ0n) is 8.17. The van der Waals surface area contributed by atoms with Gasteiger partial charge in [0, 0.05) is 12.4 Å². The molecule has 0 saturated heterocycles. The third kappa shape index (κ3) is 1.46. The lowest BCUT2D eigenvalue weighted by Crippen LogP contribution is -2.30. The van der Waals surface area contributed by atoms with E-state index in [2.05, 4.69) is 33.5 Å². The molecule has 0 fully saturated rings. The first-order valence-electron chi connectivity index (χ1n) is 5.01. The van der Waals surface area contributed by atoms with Crippen molar-refractivity contribution in [2.45, 2.75) is 12.1 Å². The molecule has 3 rings (SSSR count). The molecule has 3 nitrogen and oxygen atoms in total. The van der Waals surface area contributed by atoms with E-state index in [1.165, 1.54) is 11.1 Å². The highest BCUT2D eigenvalue weighted by atomic mass is 15.1. The minimum absolute atomic E-state index is 0.274. The van der Waals surface area contributed by atoms with Gasteiger partial charge in [-0.2, -0.15) is 0 Å². The number of aromatic nitrogens is 1. The zero-order chi connectivity index (χ0) is 10.1. The number of fused-ring (bicyclic) bond motifs is 1. The summed E-state index contributed by atoms with van der Waals surface area (Å²) >= 11 is 0. The van der Waals surface area contributed by atoms with E-state index in [-0.39, 0.29) is 6.04 Å². The monoisotopic (exact) mass is 197 g/mol. The largest absolute Gasteiger partial charge is 0.368 e. The van der Waals surface area contributed by atoms with Crippen LogP contribution in [0, 0.1) is 0 Å². The maximum atomic E-state index is 4.31. The number of nitrogens with one attached hydrogen (secondary N) is 1. The molecule has 0 spiro atoms. The van der Waals surface area contributed by atoms with E-state index in [1.54, 1.807) is 6.34 Å². The van der Waals surface area contributed by atoms with Crippen molar-refractivity contribution in [3.05, 3.63) is 48.3 Å². The van der Waals surface area contributed by atoms with Gasteiger partial charge in [-0.3, -0.25) is 9.98 Å². The fourth-order valence-electron chi connectivity index (χ4n) is 1.91. The van der Waals surface area contributed by atoms with Crippen LogP contribution in [0.5, 0.6) is 0 Å². The minimum atomic E-state index is 0.274. The Morgan fingerprint density at radius 3 is 2.93 bits per heavy atom. The molecule has 1 aromatic rings. The van der Waals surface area contributed by atoms with Crippen molar-refractivity contribution in [1.29, 1.82) is 0 Å². The highest BCUT2D eigenvalue weighted by Gasteiger charge is 2.22. The van der Waals surface area contributed by atoms with Crippen LogP contribution >= 0.6 is 0 Å². The average molecular weight is 197 g/mol. The second kappa shape index (κ2) is 3.35. The third-order valence-corrected chi connectivity index (χ3v) is 2.73. The molecule has 0 aromatic carbocycles. The molecular formula is C12H11N3. The van der Waals surface area contributed by atoms with Gasteiger partial charge < -0.3 is 5.32 Å². The Kier molecular flexibility index (Phi) is 1.88. The van der Waals surface area contributed by atoms with Crippen molar-refractivity contribution in [3.8, 4) is 0 Å².